The summed E-state index contributed by atoms with van der Waals surface area (Å²) < 4.78 is 31.6. The molecule has 2 N–H and O–H groups in total. The zero-order valence-corrected chi connectivity index (χ0v) is 19.8. The van der Waals surface area contributed by atoms with Gasteiger partial charge >= 0.3 is 5.97 Å². The molecular formula is C28H27FN2O5. The molecule has 2 unspecified atom stereocenters. The van der Waals surface area contributed by atoms with Gasteiger partial charge in [-0.1, -0.05) is 18.2 Å². The van der Waals surface area contributed by atoms with E-state index < -0.39 is 17.2 Å². The smallest absolute Gasteiger partial charge is 0.304 e. The molecule has 3 heterocycles. The van der Waals surface area contributed by atoms with E-state index in [-0.39, 0.29) is 24.9 Å². The van der Waals surface area contributed by atoms with E-state index in [2.05, 4.69) is 16.4 Å². The first-order valence-electron chi connectivity index (χ1n) is 12.3. The fourth-order valence-electron chi connectivity index (χ4n) is 5.46. The Balaban J connectivity index is 1.14. The number of hydrogen-bond donors (Lipinski definition) is 2. The topological polar surface area (TPSA) is 89.9 Å². The third kappa shape index (κ3) is 4.21. The van der Waals surface area contributed by atoms with Crippen molar-refractivity contribution < 1.29 is 28.5 Å². The van der Waals surface area contributed by atoms with Gasteiger partial charge in [0.25, 0.3) is 0 Å². The van der Waals surface area contributed by atoms with Crippen molar-refractivity contribution >= 4 is 11.8 Å². The molecular weight excluding hydrogens is 463 g/mol. The van der Waals surface area contributed by atoms with Gasteiger partial charge in [0.1, 0.15) is 5.82 Å². The quantitative estimate of drug-likeness (QED) is 0.468. The molecule has 3 aliphatic rings. The second kappa shape index (κ2) is 9.00. The molecule has 0 spiro atoms. The van der Waals surface area contributed by atoms with Crippen molar-refractivity contribution in [3.8, 4) is 17.2 Å². The van der Waals surface area contributed by atoms with Gasteiger partial charge in [0, 0.05) is 24.1 Å². The molecule has 2 aliphatic heterocycles. The lowest BCUT2D eigenvalue weighted by Crippen LogP contribution is -2.15. The van der Waals surface area contributed by atoms with Crippen molar-refractivity contribution in [2.75, 3.05) is 25.3 Å². The Bertz CT molecular complexity index is 1330. The highest BCUT2D eigenvalue weighted by Gasteiger charge is 2.57. The Kier molecular flexibility index (Phi) is 5.66. The number of aliphatic carboxylic acids is 1. The predicted octanol–water partition coefficient (Wildman–Crippen LogP) is 4.83. The fourth-order valence-corrected chi connectivity index (χ4v) is 5.46. The molecule has 6 rings (SSSR count). The monoisotopic (exact) mass is 490 g/mol. The highest BCUT2D eigenvalue weighted by atomic mass is 19.1. The molecule has 0 saturated heterocycles. The van der Waals surface area contributed by atoms with Crippen LogP contribution in [0.15, 0.2) is 48.5 Å². The first-order valence-corrected chi connectivity index (χ1v) is 12.3. The number of carbonyl (C=O) groups is 1. The standard InChI is InChI=1S/C28H27FN2O5/c29-22-12-18(4-7-23(22)34-11-9-20-6-3-17-2-1-10-30-27(17)31-20)21-14-28(21,15-26(32)33)19-5-8-24-25(13-19)36-16-35-24/h3-8,12-13,21H,1-2,9-11,14-16H2,(H,30,31)(H,32,33). The van der Waals surface area contributed by atoms with Gasteiger partial charge in [-0.15, -0.1) is 0 Å². The van der Waals surface area contributed by atoms with Crippen molar-refractivity contribution in [1.29, 1.82) is 0 Å². The van der Waals surface area contributed by atoms with E-state index in [0.717, 1.165) is 42.0 Å². The van der Waals surface area contributed by atoms with Gasteiger partial charge in [-0.3, -0.25) is 4.79 Å². The molecule has 3 aromatic rings. The van der Waals surface area contributed by atoms with Crippen LogP contribution in [0.2, 0.25) is 0 Å². The molecule has 186 valence electrons. The fraction of sp³-hybridized carbons (Fsp3) is 0.357. The highest BCUT2D eigenvalue weighted by molar-refractivity contribution is 5.71. The van der Waals surface area contributed by atoms with E-state index in [1.807, 2.05) is 30.3 Å². The number of carboxylic acids is 1. The van der Waals surface area contributed by atoms with E-state index in [1.54, 1.807) is 6.07 Å². The summed E-state index contributed by atoms with van der Waals surface area (Å²) in [6.07, 6.45) is 3.30. The number of benzene rings is 2. The van der Waals surface area contributed by atoms with Crippen LogP contribution in [-0.2, 0) is 23.1 Å². The summed E-state index contributed by atoms with van der Waals surface area (Å²) in [6.45, 7) is 1.40. The number of pyridine rings is 1. The maximum Gasteiger partial charge on any atom is 0.304 e. The normalized spacial score (nSPS) is 21.4. The van der Waals surface area contributed by atoms with Gasteiger partial charge in [-0.25, -0.2) is 9.37 Å². The van der Waals surface area contributed by atoms with Crippen LogP contribution in [0.3, 0.4) is 0 Å². The number of rotatable bonds is 8. The number of carboxylic acid groups (broad SMARTS) is 1. The summed E-state index contributed by atoms with van der Waals surface area (Å²) in [5.41, 5.74) is 3.16. The van der Waals surface area contributed by atoms with Gasteiger partial charge in [0.05, 0.1) is 13.0 Å². The Morgan fingerprint density at radius 3 is 2.92 bits per heavy atom. The minimum absolute atomic E-state index is 0.0418. The van der Waals surface area contributed by atoms with Crippen LogP contribution < -0.4 is 19.5 Å². The van der Waals surface area contributed by atoms with Crippen molar-refractivity contribution in [1.82, 2.24) is 4.98 Å². The Morgan fingerprint density at radius 2 is 2.06 bits per heavy atom. The lowest BCUT2D eigenvalue weighted by molar-refractivity contribution is -0.137. The van der Waals surface area contributed by atoms with Crippen LogP contribution in [0.1, 0.15) is 47.6 Å². The number of aromatic nitrogens is 1. The zero-order chi connectivity index (χ0) is 24.7. The van der Waals surface area contributed by atoms with Crippen LogP contribution in [0, 0.1) is 5.82 Å². The summed E-state index contributed by atoms with van der Waals surface area (Å²) in [5.74, 6) is 0.937. The van der Waals surface area contributed by atoms with E-state index in [4.69, 9.17) is 14.2 Å². The minimum Gasteiger partial charge on any atom is -0.490 e. The highest BCUT2D eigenvalue weighted by Crippen LogP contribution is 2.63. The lowest BCUT2D eigenvalue weighted by Gasteiger charge is -2.18. The van der Waals surface area contributed by atoms with Gasteiger partial charge < -0.3 is 24.6 Å². The molecule has 8 heteroatoms. The number of hydrogen-bond acceptors (Lipinski definition) is 6. The number of nitrogens with one attached hydrogen (secondary N) is 1. The predicted molar refractivity (Wildman–Crippen MR) is 131 cm³/mol. The first-order chi connectivity index (χ1) is 17.5. The lowest BCUT2D eigenvalue weighted by atomic mass is 9.87. The second-order valence-electron chi connectivity index (χ2n) is 9.68. The van der Waals surface area contributed by atoms with Gasteiger partial charge in [-0.2, -0.15) is 0 Å². The molecule has 0 amide bonds. The number of fused-ring (bicyclic) bond motifs is 2. The van der Waals surface area contributed by atoms with E-state index in [9.17, 15) is 14.3 Å². The second-order valence-corrected chi connectivity index (χ2v) is 9.68. The molecule has 7 nitrogen and oxygen atoms in total. The van der Waals surface area contributed by atoms with Crippen molar-refractivity contribution in [3.63, 3.8) is 0 Å². The Morgan fingerprint density at radius 1 is 1.17 bits per heavy atom. The molecule has 0 radical (unpaired) electrons. The number of anilines is 1. The summed E-state index contributed by atoms with van der Waals surface area (Å²) >= 11 is 0. The van der Waals surface area contributed by atoms with Gasteiger partial charge in [-0.05, 0) is 72.2 Å². The molecule has 1 fully saturated rings. The van der Waals surface area contributed by atoms with Crippen LogP contribution in [0.4, 0.5) is 10.2 Å². The molecule has 1 aromatic heterocycles. The van der Waals surface area contributed by atoms with E-state index in [0.29, 0.717) is 30.9 Å². The largest absolute Gasteiger partial charge is 0.490 e. The molecule has 36 heavy (non-hydrogen) atoms. The van der Waals surface area contributed by atoms with Crippen LogP contribution in [-0.4, -0.2) is 36.0 Å². The zero-order valence-electron chi connectivity index (χ0n) is 19.8. The van der Waals surface area contributed by atoms with Gasteiger partial charge in [0.15, 0.2) is 23.1 Å². The van der Waals surface area contributed by atoms with Crippen molar-refractivity contribution in [3.05, 3.63) is 76.7 Å². The van der Waals surface area contributed by atoms with Crippen molar-refractivity contribution in [2.45, 2.75) is 43.4 Å². The summed E-state index contributed by atoms with van der Waals surface area (Å²) in [4.78, 5) is 16.4. The number of ether oxygens (including phenoxy) is 3. The molecule has 0 bridgehead atoms. The number of aryl methyl sites for hydroxylation is 1. The number of nitrogens with zero attached hydrogens (tertiary/aromatic N) is 1. The van der Waals surface area contributed by atoms with Crippen LogP contribution in [0.25, 0.3) is 0 Å². The van der Waals surface area contributed by atoms with Gasteiger partial charge in [0.2, 0.25) is 6.79 Å². The van der Waals surface area contributed by atoms with Crippen molar-refractivity contribution in [2.24, 2.45) is 0 Å². The Labute approximate surface area is 208 Å². The summed E-state index contributed by atoms with van der Waals surface area (Å²) in [7, 11) is 0. The summed E-state index contributed by atoms with van der Waals surface area (Å²) in [5, 5.41) is 12.9. The third-order valence-corrected chi connectivity index (χ3v) is 7.42. The third-order valence-electron chi connectivity index (χ3n) is 7.42. The van der Waals surface area contributed by atoms with Crippen LogP contribution >= 0.6 is 0 Å². The summed E-state index contributed by atoms with van der Waals surface area (Å²) in [6, 6.07) is 14.6. The Hall–Kier alpha value is -3.81. The SMILES string of the molecule is O=C(O)CC1(c2ccc3c(c2)OCO3)CC1c1ccc(OCCc2ccc3c(n2)NCCC3)c(F)c1. The maximum absolute atomic E-state index is 15.0. The average molecular weight is 491 g/mol. The molecule has 2 atom stereocenters. The van der Waals surface area contributed by atoms with E-state index >= 15 is 0 Å². The van der Waals surface area contributed by atoms with E-state index in [1.165, 1.54) is 11.6 Å². The molecule has 1 saturated carbocycles. The average Bonchev–Trinajstić information content (AvgIpc) is 3.39. The number of halogens is 1. The first kappa shape index (κ1) is 22.6. The minimum atomic E-state index is -0.887. The molecule has 1 aliphatic carbocycles. The maximum atomic E-state index is 15.0. The van der Waals surface area contributed by atoms with Crippen LogP contribution in [0.5, 0.6) is 17.2 Å². The molecule has 2 aromatic carbocycles.